The maximum atomic E-state index is 12.6. The number of anilines is 2. The predicted octanol–water partition coefficient (Wildman–Crippen LogP) is 2.47. The van der Waals surface area contributed by atoms with Crippen LogP contribution in [0.25, 0.3) is 0 Å². The standard InChI is InChI=1S/C22H19N3O2/c26-21(17-9-3-1-4-10-17)15-24-19-13-7-8-14-20(19)25(23-24)16-22(27)18-11-5-2-6-12-18/h1-14,23H,15-16H2/p+1. The first-order valence-electron chi connectivity index (χ1n) is 8.86. The summed E-state index contributed by atoms with van der Waals surface area (Å²) in [6.07, 6.45) is 0. The number of benzene rings is 3. The molecule has 134 valence electrons. The van der Waals surface area contributed by atoms with E-state index in [0.29, 0.717) is 11.1 Å². The highest BCUT2D eigenvalue weighted by atomic mass is 16.1. The lowest BCUT2D eigenvalue weighted by molar-refractivity contribution is -0.668. The first kappa shape index (κ1) is 17.0. The van der Waals surface area contributed by atoms with Gasteiger partial charge in [0.2, 0.25) is 0 Å². The molecule has 2 N–H and O–H groups in total. The Balaban J connectivity index is 1.52. The number of carbonyl (C=O) groups excluding carboxylic acids is 2. The zero-order valence-electron chi connectivity index (χ0n) is 14.8. The Kier molecular flexibility index (Phi) is 4.68. The van der Waals surface area contributed by atoms with Crippen molar-refractivity contribution in [1.29, 1.82) is 0 Å². The zero-order valence-corrected chi connectivity index (χ0v) is 14.8. The number of nitrogens with zero attached hydrogens (tertiary/aromatic N) is 2. The van der Waals surface area contributed by atoms with Gasteiger partial charge in [-0.15, -0.1) is 5.53 Å². The van der Waals surface area contributed by atoms with Crippen molar-refractivity contribution in [2.24, 2.45) is 0 Å². The minimum Gasteiger partial charge on any atom is -0.292 e. The maximum absolute atomic E-state index is 12.6. The lowest BCUT2D eigenvalue weighted by Gasteiger charge is -2.17. The van der Waals surface area contributed by atoms with Gasteiger partial charge in [0.15, 0.2) is 11.6 Å². The molecule has 1 aliphatic rings. The SMILES string of the molecule is O=C(CN1[NH2+]N(CC(=O)c2ccccc2)c2ccccc21)c1ccccc1. The number of quaternary nitrogens is 1. The van der Waals surface area contributed by atoms with Gasteiger partial charge in [0.25, 0.3) is 0 Å². The van der Waals surface area contributed by atoms with E-state index in [1.807, 2.05) is 100 Å². The number of nitrogens with two attached hydrogens (primary N) is 1. The lowest BCUT2D eigenvalue weighted by atomic mass is 10.1. The van der Waals surface area contributed by atoms with E-state index in [0.717, 1.165) is 11.4 Å². The minimum absolute atomic E-state index is 0.0397. The molecule has 0 aromatic heterocycles. The molecule has 0 aliphatic carbocycles. The number of rotatable bonds is 6. The van der Waals surface area contributed by atoms with E-state index < -0.39 is 0 Å². The summed E-state index contributed by atoms with van der Waals surface area (Å²) in [7, 11) is 0. The molecule has 3 aromatic rings. The fourth-order valence-electron chi connectivity index (χ4n) is 3.23. The van der Waals surface area contributed by atoms with E-state index in [4.69, 9.17) is 0 Å². The monoisotopic (exact) mass is 358 g/mol. The summed E-state index contributed by atoms with van der Waals surface area (Å²) < 4.78 is 0. The van der Waals surface area contributed by atoms with E-state index in [9.17, 15) is 9.59 Å². The first-order chi connectivity index (χ1) is 13.2. The van der Waals surface area contributed by atoms with Crippen LogP contribution in [0.5, 0.6) is 0 Å². The van der Waals surface area contributed by atoms with Crippen molar-refractivity contribution in [3.63, 3.8) is 0 Å². The third kappa shape index (κ3) is 3.59. The van der Waals surface area contributed by atoms with Crippen LogP contribution in [-0.2, 0) is 0 Å². The molecular formula is C22H20N3O2+. The van der Waals surface area contributed by atoms with Crippen LogP contribution in [0, 0.1) is 0 Å². The van der Waals surface area contributed by atoms with Gasteiger partial charge in [-0.25, -0.2) is 0 Å². The number of ketones is 2. The van der Waals surface area contributed by atoms with Crippen molar-refractivity contribution in [2.75, 3.05) is 23.1 Å². The quantitative estimate of drug-likeness (QED) is 0.543. The Hall–Kier alpha value is -3.44. The lowest BCUT2D eigenvalue weighted by Crippen LogP contribution is -3.01. The summed E-state index contributed by atoms with van der Waals surface area (Å²) >= 11 is 0. The summed E-state index contributed by atoms with van der Waals surface area (Å²) in [5.74, 6) is 0.0794. The van der Waals surface area contributed by atoms with Crippen molar-refractivity contribution in [3.05, 3.63) is 96.1 Å². The van der Waals surface area contributed by atoms with E-state index in [2.05, 4.69) is 0 Å². The van der Waals surface area contributed by atoms with Crippen LogP contribution in [0.2, 0.25) is 0 Å². The molecule has 0 saturated carbocycles. The van der Waals surface area contributed by atoms with Crippen LogP contribution in [0.4, 0.5) is 11.4 Å². The molecule has 0 saturated heterocycles. The Morgan fingerprint density at radius 2 is 0.963 bits per heavy atom. The normalized spacial score (nSPS) is 12.7. The summed E-state index contributed by atoms with van der Waals surface area (Å²) in [4.78, 5) is 25.2. The van der Waals surface area contributed by atoms with Gasteiger partial charge in [0.05, 0.1) is 0 Å². The highest BCUT2D eigenvalue weighted by Crippen LogP contribution is 2.29. The van der Waals surface area contributed by atoms with E-state index >= 15 is 0 Å². The van der Waals surface area contributed by atoms with Gasteiger partial charge in [-0.3, -0.25) is 9.59 Å². The molecule has 0 fully saturated rings. The van der Waals surface area contributed by atoms with Crippen LogP contribution in [0.3, 0.4) is 0 Å². The minimum atomic E-state index is 0.0397. The number of para-hydroxylation sites is 2. The Morgan fingerprint density at radius 3 is 1.37 bits per heavy atom. The summed E-state index contributed by atoms with van der Waals surface area (Å²) in [5.41, 5.74) is 5.08. The largest absolute Gasteiger partial charge is 0.292 e. The van der Waals surface area contributed by atoms with Crippen molar-refractivity contribution in [1.82, 2.24) is 0 Å². The Morgan fingerprint density at radius 1 is 0.593 bits per heavy atom. The molecule has 27 heavy (non-hydrogen) atoms. The zero-order chi connectivity index (χ0) is 18.6. The molecule has 0 bridgehead atoms. The van der Waals surface area contributed by atoms with Crippen LogP contribution in [0.1, 0.15) is 20.7 Å². The molecule has 0 amide bonds. The van der Waals surface area contributed by atoms with E-state index in [1.54, 1.807) is 0 Å². The molecule has 0 unspecified atom stereocenters. The third-order valence-corrected chi connectivity index (χ3v) is 4.60. The van der Waals surface area contributed by atoms with Crippen LogP contribution < -0.4 is 15.6 Å². The molecule has 3 aromatic carbocycles. The average Bonchev–Trinajstić information content (AvgIpc) is 3.06. The van der Waals surface area contributed by atoms with Crippen LogP contribution in [0.15, 0.2) is 84.9 Å². The molecule has 0 spiro atoms. The molecule has 0 radical (unpaired) electrons. The van der Waals surface area contributed by atoms with Gasteiger partial charge in [-0.05, 0) is 12.1 Å². The van der Waals surface area contributed by atoms with Crippen molar-refractivity contribution < 1.29 is 15.1 Å². The summed E-state index contributed by atoms with van der Waals surface area (Å²) in [5, 5.41) is 3.81. The smallest absolute Gasteiger partial charge is 0.187 e. The number of hydrogen-bond acceptors (Lipinski definition) is 4. The van der Waals surface area contributed by atoms with Gasteiger partial charge < -0.3 is 0 Å². The first-order valence-corrected chi connectivity index (χ1v) is 8.86. The highest BCUT2D eigenvalue weighted by molar-refractivity contribution is 6.01. The van der Waals surface area contributed by atoms with Crippen molar-refractivity contribution in [2.45, 2.75) is 0 Å². The molecule has 5 heteroatoms. The van der Waals surface area contributed by atoms with Crippen LogP contribution >= 0.6 is 0 Å². The van der Waals surface area contributed by atoms with Gasteiger partial charge in [0.1, 0.15) is 24.5 Å². The second kappa shape index (κ2) is 7.43. The summed E-state index contributed by atoms with van der Waals surface area (Å²) in [6, 6.07) is 26.3. The third-order valence-electron chi connectivity index (χ3n) is 4.60. The fraction of sp³-hybridized carbons (Fsp3) is 0.0909. The predicted molar refractivity (Wildman–Crippen MR) is 105 cm³/mol. The van der Waals surface area contributed by atoms with Gasteiger partial charge in [0, 0.05) is 11.1 Å². The number of hydrogen-bond donors (Lipinski definition) is 1. The van der Waals surface area contributed by atoms with Gasteiger partial charge >= 0.3 is 0 Å². The van der Waals surface area contributed by atoms with E-state index in [-0.39, 0.29) is 24.7 Å². The Labute approximate surface area is 157 Å². The van der Waals surface area contributed by atoms with Crippen molar-refractivity contribution in [3.8, 4) is 0 Å². The molecular weight excluding hydrogens is 338 g/mol. The number of fused-ring (bicyclic) bond motifs is 1. The highest BCUT2D eigenvalue weighted by Gasteiger charge is 2.32. The molecule has 5 nitrogen and oxygen atoms in total. The van der Waals surface area contributed by atoms with Crippen LogP contribution in [-0.4, -0.2) is 24.7 Å². The van der Waals surface area contributed by atoms with Gasteiger partial charge in [-0.1, -0.05) is 72.8 Å². The molecule has 1 aliphatic heterocycles. The molecule has 0 atom stereocenters. The second-order valence-electron chi connectivity index (χ2n) is 6.44. The maximum Gasteiger partial charge on any atom is 0.187 e. The second-order valence-corrected chi connectivity index (χ2v) is 6.44. The molecule has 4 rings (SSSR count). The Bertz CT molecular complexity index is 879. The van der Waals surface area contributed by atoms with Crippen molar-refractivity contribution >= 4 is 22.9 Å². The number of carbonyl (C=O) groups is 2. The number of Topliss-reactive ketones (excluding diaryl/α,β-unsaturated/α-hetero) is 2. The summed E-state index contributed by atoms with van der Waals surface area (Å²) in [6.45, 7) is 0.466. The average molecular weight is 358 g/mol. The van der Waals surface area contributed by atoms with Gasteiger partial charge in [-0.2, -0.15) is 10.0 Å². The molecule has 1 heterocycles. The topological polar surface area (TPSA) is 57.2 Å². The van der Waals surface area contributed by atoms with E-state index in [1.165, 1.54) is 0 Å². The fourth-order valence-corrected chi connectivity index (χ4v) is 3.23.